The summed E-state index contributed by atoms with van der Waals surface area (Å²) in [6.07, 6.45) is 9.38. The van der Waals surface area contributed by atoms with Gasteiger partial charge in [0.25, 0.3) is 0 Å². The molecule has 0 aromatic carbocycles. The number of hydrogen-bond donors (Lipinski definition) is 0. The molecule has 0 aromatic rings. The number of hydrogen-bond acceptors (Lipinski definition) is 5. The minimum absolute atomic E-state index is 0.405. The van der Waals surface area contributed by atoms with Crippen LogP contribution in [0.3, 0.4) is 0 Å². The summed E-state index contributed by atoms with van der Waals surface area (Å²) in [4.78, 5) is 15.8. The minimum atomic E-state index is -1.38. The van der Waals surface area contributed by atoms with Gasteiger partial charge in [0.1, 0.15) is 0 Å². The molecule has 26 heavy (non-hydrogen) atoms. The summed E-state index contributed by atoms with van der Waals surface area (Å²) in [6.45, 7) is 15.3. The lowest BCUT2D eigenvalue weighted by Crippen LogP contribution is -2.64. The van der Waals surface area contributed by atoms with Crippen LogP contribution in [0.15, 0.2) is 4.99 Å². The molecule has 1 unspecified atom stereocenters. The van der Waals surface area contributed by atoms with E-state index in [1.165, 1.54) is 25.7 Å². The molecule has 0 amide bonds. The number of carbonyl (C=O) groups excluding carboxylic acids is 1. The maximum Gasteiger partial charge on any atom is 0.311 e. The molecule has 0 aromatic heterocycles. The first kappa shape index (κ1) is 25.3. The molecule has 0 rings (SSSR count). The topological polar surface area (TPSA) is 57.1 Å². The van der Waals surface area contributed by atoms with Crippen LogP contribution >= 0.6 is 0 Å². The summed E-state index contributed by atoms with van der Waals surface area (Å²) in [6, 6.07) is 0. The summed E-state index contributed by atoms with van der Waals surface area (Å²) in [7, 11) is 0. The second kappa shape index (κ2) is 12.6. The van der Waals surface area contributed by atoms with Gasteiger partial charge >= 0.3 is 5.97 Å². The fraction of sp³-hybridized carbons (Fsp3) is 0.952. The zero-order chi connectivity index (χ0) is 20.1. The van der Waals surface area contributed by atoms with Crippen molar-refractivity contribution in [3.05, 3.63) is 0 Å². The zero-order valence-electron chi connectivity index (χ0n) is 18.2. The van der Waals surface area contributed by atoms with Crippen molar-refractivity contribution in [1.82, 2.24) is 0 Å². The van der Waals surface area contributed by atoms with Gasteiger partial charge in [0.05, 0.1) is 0 Å². The Morgan fingerprint density at radius 3 is 1.62 bits per heavy atom. The highest BCUT2D eigenvalue weighted by molar-refractivity contribution is 5.36. The van der Waals surface area contributed by atoms with Gasteiger partial charge in [-0.1, -0.05) is 66.2 Å². The van der Waals surface area contributed by atoms with Gasteiger partial charge in [0.15, 0.2) is 5.54 Å². The van der Waals surface area contributed by atoms with Crippen molar-refractivity contribution in [1.29, 1.82) is 0 Å². The quantitative estimate of drug-likeness (QED) is 0.162. The number of rotatable bonds is 15. The van der Waals surface area contributed by atoms with E-state index in [1.807, 2.05) is 20.8 Å². The van der Waals surface area contributed by atoms with Crippen molar-refractivity contribution in [3.63, 3.8) is 0 Å². The van der Waals surface area contributed by atoms with Crippen LogP contribution in [-0.2, 0) is 19.0 Å². The number of ether oxygens (including phenoxy) is 3. The molecule has 0 bridgehead atoms. The van der Waals surface area contributed by atoms with Crippen LogP contribution in [0.1, 0.15) is 93.4 Å². The van der Waals surface area contributed by atoms with Crippen LogP contribution in [0.25, 0.3) is 0 Å². The molecular formula is C21H41NO4. The van der Waals surface area contributed by atoms with Crippen LogP contribution in [0, 0.1) is 5.41 Å². The van der Waals surface area contributed by atoms with Crippen LogP contribution in [-0.4, -0.2) is 37.4 Å². The summed E-state index contributed by atoms with van der Waals surface area (Å²) in [5.74, 6) is -1.38. The fourth-order valence-electron chi connectivity index (χ4n) is 3.57. The van der Waals surface area contributed by atoms with E-state index in [4.69, 9.17) is 14.2 Å². The number of nitrogens with zero attached hydrogens (tertiary/aromatic N) is 1. The molecule has 5 nitrogen and oxygen atoms in total. The number of aliphatic imine (C=N–C) groups is 1. The molecule has 0 spiro atoms. The molecule has 0 N–H and O–H groups in total. The second-order valence-electron chi connectivity index (χ2n) is 7.69. The lowest BCUT2D eigenvalue weighted by atomic mass is 9.68. The van der Waals surface area contributed by atoms with Gasteiger partial charge in [-0.15, -0.1) is 0 Å². The monoisotopic (exact) mass is 371 g/mol. The van der Waals surface area contributed by atoms with Crippen molar-refractivity contribution in [2.75, 3.05) is 19.8 Å². The van der Waals surface area contributed by atoms with E-state index in [0.29, 0.717) is 26.2 Å². The van der Waals surface area contributed by atoms with Crippen molar-refractivity contribution in [2.24, 2.45) is 10.4 Å². The van der Waals surface area contributed by atoms with Crippen molar-refractivity contribution in [2.45, 2.75) is 105 Å². The van der Waals surface area contributed by atoms with Gasteiger partial charge in [-0.2, -0.15) is 4.99 Å². The van der Waals surface area contributed by atoms with Gasteiger partial charge in [-0.3, -0.25) is 0 Å². The lowest BCUT2D eigenvalue weighted by molar-refractivity contribution is -0.417. The Kier molecular flexibility index (Phi) is 12.3. The smallest absolute Gasteiger partial charge is 0.311 e. The number of unbranched alkanes of at least 4 members (excludes halogenated alkanes) is 5. The Balaban J connectivity index is 5.79. The standard InChI is InChI=1S/C21H41NO4/c1-8-12-13-14-15-16-17-20(22-18-23,19(5,6)7)21(24-9-2,25-10-3)26-11-4/h8-17H2,1-7H3. The lowest BCUT2D eigenvalue weighted by Gasteiger charge is -2.51. The highest BCUT2D eigenvalue weighted by Gasteiger charge is 2.62. The molecule has 0 aliphatic carbocycles. The highest BCUT2D eigenvalue weighted by atomic mass is 16.9. The van der Waals surface area contributed by atoms with Crippen LogP contribution in [0.4, 0.5) is 0 Å². The van der Waals surface area contributed by atoms with Gasteiger partial charge in [-0.05, 0) is 32.6 Å². The maximum atomic E-state index is 11.4. The number of isocyanates is 1. The Morgan fingerprint density at radius 2 is 1.23 bits per heavy atom. The molecule has 0 aliphatic heterocycles. The van der Waals surface area contributed by atoms with Gasteiger partial charge < -0.3 is 14.2 Å². The Morgan fingerprint density at radius 1 is 0.769 bits per heavy atom. The molecule has 0 fully saturated rings. The molecule has 0 saturated heterocycles. The predicted molar refractivity (Wildman–Crippen MR) is 106 cm³/mol. The van der Waals surface area contributed by atoms with Crippen molar-refractivity contribution < 1.29 is 19.0 Å². The van der Waals surface area contributed by atoms with E-state index in [-0.39, 0.29) is 0 Å². The SMILES string of the molecule is CCCCCCCCC(N=C=O)(C(C)(C)C)C(OCC)(OCC)OCC. The zero-order valence-corrected chi connectivity index (χ0v) is 18.2. The van der Waals surface area contributed by atoms with E-state index in [2.05, 4.69) is 32.7 Å². The normalized spacial score (nSPS) is 14.7. The van der Waals surface area contributed by atoms with E-state index >= 15 is 0 Å². The van der Waals surface area contributed by atoms with E-state index in [0.717, 1.165) is 12.8 Å². The maximum absolute atomic E-state index is 11.4. The van der Waals surface area contributed by atoms with Gasteiger partial charge in [-0.25, -0.2) is 4.79 Å². The van der Waals surface area contributed by atoms with Crippen LogP contribution in [0.2, 0.25) is 0 Å². The molecule has 0 heterocycles. The predicted octanol–water partition coefficient (Wildman–Crippen LogP) is 5.62. The summed E-state index contributed by atoms with van der Waals surface area (Å²) < 4.78 is 18.1. The van der Waals surface area contributed by atoms with Gasteiger partial charge in [0.2, 0.25) is 6.08 Å². The third kappa shape index (κ3) is 6.45. The first-order valence-corrected chi connectivity index (χ1v) is 10.3. The van der Waals surface area contributed by atoms with E-state index in [9.17, 15) is 4.79 Å². The molecule has 1 atom stereocenters. The summed E-state index contributed by atoms with van der Waals surface area (Å²) in [5, 5.41) is 0. The Labute approximate surface area is 160 Å². The third-order valence-corrected chi connectivity index (χ3v) is 4.88. The molecule has 0 radical (unpaired) electrons. The van der Waals surface area contributed by atoms with Gasteiger partial charge in [0, 0.05) is 19.8 Å². The van der Waals surface area contributed by atoms with Crippen LogP contribution < -0.4 is 0 Å². The van der Waals surface area contributed by atoms with Crippen LogP contribution in [0.5, 0.6) is 0 Å². The molecule has 154 valence electrons. The fourth-order valence-corrected chi connectivity index (χ4v) is 3.57. The average molecular weight is 372 g/mol. The largest absolute Gasteiger partial charge is 0.326 e. The van der Waals surface area contributed by atoms with Crippen molar-refractivity contribution >= 4 is 6.08 Å². The molecule has 0 aliphatic rings. The molecule has 5 heteroatoms. The average Bonchev–Trinajstić information content (AvgIpc) is 2.56. The van der Waals surface area contributed by atoms with E-state index in [1.54, 1.807) is 6.08 Å². The second-order valence-corrected chi connectivity index (χ2v) is 7.69. The van der Waals surface area contributed by atoms with E-state index < -0.39 is 16.9 Å². The third-order valence-electron chi connectivity index (χ3n) is 4.88. The summed E-state index contributed by atoms with van der Waals surface area (Å²) >= 11 is 0. The first-order chi connectivity index (χ1) is 12.3. The minimum Gasteiger partial charge on any atom is -0.326 e. The Hall–Kier alpha value is -0.740. The Bertz CT molecular complexity index is 396. The first-order valence-electron chi connectivity index (χ1n) is 10.3. The highest BCUT2D eigenvalue weighted by Crippen LogP contribution is 2.49. The summed E-state index contributed by atoms with van der Waals surface area (Å²) in [5.41, 5.74) is -1.37. The molecule has 0 saturated carbocycles. The molecular weight excluding hydrogens is 330 g/mol. The van der Waals surface area contributed by atoms with Crippen molar-refractivity contribution in [3.8, 4) is 0 Å².